The van der Waals surface area contributed by atoms with Crippen LogP contribution in [0.5, 0.6) is 11.5 Å². The topological polar surface area (TPSA) is 47.6 Å². The first kappa shape index (κ1) is 20.1. The number of amides is 1. The highest BCUT2D eigenvalue weighted by molar-refractivity contribution is 6.34. The van der Waals surface area contributed by atoms with Gasteiger partial charge in [0.2, 0.25) is 0 Å². The van der Waals surface area contributed by atoms with Crippen molar-refractivity contribution in [1.82, 2.24) is 0 Å². The molecule has 2 aromatic carbocycles. The Hall–Kier alpha value is -2.20. The fourth-order valence-electron chi connectivity index (χ4n) is 2.55. The number of carbonyl (C=O) groups is 1. The third kappa shape index (κ3) is 5.15. The summed E-state index contributed by atoms with van der Waals surface area (Å²) in [6.07, 6.45) is 0. The molecule has 26 heavy (non-hydrogen) atoms. The first-order chi connectivity index (χ1) is 12.3. The van der Waals surface area contributed by atoms with Crippen LogP contribution < -0.4 is 14.8 Å². The summed E-state index contributed by atoms with van der Waals surface area (Å²) in [4.78, 5) is 12.7. The van der Waals surface area contributed by atoms with Gasteiger partial charge in [-0.1, -0.05) is 31.5 Å². The van der Waals surface area contributed by atoms with E-state index >= 15 is 0 Å². The van der Waals surface area contributed by atoms with Gasteiger partial charge in [0, 0.05) is 5.56 Å². The van der Waals surface area contributed by atoms with Gasteiger partial charge < -0.3 is 14.8 Å². The second-order valence-corrected chi connectivity index (χ2v) is 7.10. The van der Waals surface area contributed by atoms with Crippen molar-refractivity contribution in [2.75, 3.05) is 18.5 Å². The molecule has 1 N–H and O–H groups in total. The van der Waals surface area contributed by atoms with Gasteiger partial charge in [0.25, 0.3) is 5.91 Å². The average Bonchev–Trinajstić information content (AvgIpc) is 2.56. The molecule has 0 heterocycles. The summed E-state index contributed by atoms with van der Waals surface area (Å²) in [5.41, 5.74) is 3.09. The van der Waals surface area contributed by atoms with Crippen molar-refractivity contribution in [3.05, 3.63) is 52.0 Å². The summed E-state index contributed by atoms with van der Waals surface area (Å²) in [6.45, 7) is 11.0. The fourth-order valence-corrected chi connectivity index (χ4v) is 2.92. The molecule has 0 radical (unpaired) electrons. The molecule has 0 saturated carbocycles. The van der Waals surface area contributed by atoms with E-state index in [0.29, 0.717) is 46.9 Å². The lowest BCUT2D eigenvalue weighted by Gasteiger charge is -2.15. The maximum absolute atomic E-state index is 12.7. The van der Waals surface area contributed by atoms with Crippen molar-refractivity contribution in [1.29, 1.82) is 0 Å². The van der Waals surface area contributed by atoms with Crippen molar-refractivity contribution in [3.8, 4) is 11.5 Å². The van der Waals surface area contributed by atoms with E-state index in [-0.39, 0.29) is 5.91 Å². The molecule has 0 atom stereocenters. The van der Waals surface area contributed by atoms with Crippen LogP contribution in [0.2, 0.25) is 5.02 Å². The van der Waals surface area contributed by atoms with Crippen LogP contribution in [0.15, 0.2) is 30.3 Å². The Bertz CT molecular complexity index is 764. The minimum absolute atomic E-state index is 0.241. The molecule has 0 aliphatic rings. The van der Waals surface area contributed by atoms with Gasteiger partial charge in [-0.15, -0.1) is 0 Å². The summed E-state index contributed by atoms with van der Waals surface area (Å²) in [5, 5.41) is 3.42. The summed E-state index contributed by atoms with van der Waals surface area (Å²) in [5.74, 6) is 1.36. The van der Waals surface area contributed by atoms with Crippen LogP contribution in [0.4, 0.5) is 5.69 Å². The highest BCUT2D eigenvalue weighted by Gasteiger charge is 2.15. The quantitative estimate of drug-likeness (QED) is 0.680. The summed E-state index contributed by atoms with van der Waals surface area (Å²) in [6, 6.07) is 9.01. The maximum Gasteiger partial charge on any atom is 0.255 e. The normalized spacial score (nSPS) is 10.7. The number of carbonyl (C=O) groups excluding carboxylic acids is 1. The Labute approximate surface area is 160 Å². The minimum Gasteiger partial charge on any atom is -0.490 e. The minimum atomic E-state index is -0.241. The number of anilines is 1. The number of hydrogen-bond acceptors (Lipinski definition) is 3. The van der Waals surface area contributed by atoms with Crippen molar-refractivity contribution in [2.24, 2.45) is 5.92 Å². The molecule has 0 unspecified atom stereocenters. The first-order valence-corrected chi connectivity index (χ1v) is 9.17. The molecular formula is C21H26ClNO3. The van der Waals surface area contributed by atoms with Crippen molar-refractivity contribution < 1.29 is 14.3 Å². The van der Waals surface area contributed by atoms with Crippen LogP contribution in [-0.2, 0) is 0 Å². The molecule has 140 valence electrons. The lowest BCUT2D eigenvalue weighted by atomic mass is 10.1. The molecular weight excluding hydrogens is 350 g/mol. The van der Waals surface area contributed by atoms with Gasteiger partial charge in [0.1, 0.15) is 0 Å². The molecule has 2 rings (SSSR count). The van der Waals surface area contributed by atoms with E-state index in [0.717, 1.165) is 11.1 Å². The largest absolute Gasteiger partial charge is 0.490 e. The third-order valence-corrected chi connectivity index (χ3v) is 4.05. The van der Waals surface area contributed by atoms with Crippen LogP contribution in [0.1, 0.15) is 42.3 Å². The molecule has 0 aliphatic heterocycles. The molecule has 2 aromatic rings. The molecule has 0 saturated heterocycles. The summed E-state index contributed by atoms with van der Waals surface area (Å²) in [7, 11) is 0. The van der Waals surface area contributed by atoms with Crippen LogP contribution >= 0.6 is 11.6 Å². The molecule has 1 amide bonds. The third-order valence-electron chi connectivity index (χ3n) is 3.75. The highest BCUT2D eigenvalue weighted by atomic mass is 35.5. The lowest BCUT2D eigenvalue weighted by molar-refractivity contribution is 0.102. The van der Waals surface area contributed by atoms with Crippen molar-refractivity contribution >= 4 is 23.2 Å². The zero-order chi connectivity index (χ0) is 19.3. The van der Waals surface area contributed by atoms with E-state index in [9.17, 15) is 4.79 Å². The van der Waals surface area contributed by atoms with Gasteiger partial charge in [-0.3, -0.25) is 4.79 Å². The number of benzene rings is 2. The molecule has 0 aromatic heterocycles. The second-order valence-electron chi connectivity index (χ2n) is 6.69. The number of rotatable bonds is 7. The monoisotopic (exact) mass is 375 g/mol. The molecule has 0 fully saturated rings. The van der Waals surface area contributed by atoms with Crippen molar-refractivity contribution in [2.45, 2.75) is 34.6 Å². The van der Waals surface area contributed by atoms with Gasteiger partial charge in [-0.05, 0) is 62.1 Å². The van der Waals surface area contributed by atoms with Gasteiger partial charge in [-0.25, -0.2) is 0 Å². The van der Waals surface area contributed by atoms with Crippen LogP contribution in [0.25, 0.3) is 0 Å². The number of halogens is 1. The Morgan fingerprint density at radius 2 is 1.85 bits per heavy atom. The zero-order valence-electron chi connectivity index (χ0n) is 16.0. The Kier molecular flexibility index (Phi) is 6.92. The van der Waals surface area contributed by atoms with Crippen LogP contribution in [0, 0.1) is 19.8 Å². The van der Waals surface area contributed by atoms with E-state index in [1.54, 1.807) is 18.2 Å². The van der Waals surface area contributed by atoms with Gasteiger partial charge in [0.15, 0.2) is 11.5 Å². The smallest absolute Gasteiger partial charge is 0.255 e. The lowest BCUT2D eigenvalue weighted by Crippen LogP contribution is -2.14. The van der Waals surface area contributed by atoms with Gasteiger partial charge >= 0.3 is 0 Å². The van der Waals surface area contributed by atoms with E-state index in [2.05, 4.69) is 19.2 Å². The summed E-state index contributed by atoms with van der Waals surface area (Å²) < 4.78 is 11.4. The van der Waals surface area contributed by atoms with Gasteiger partial charge in [0.05, 0.1) is 23.9 Å². The van der Waals surface area contributed by atoms with E-state index < -0.39 is 0 Å². The average molecular weight is 376 g/mol. The predicted octanol–water partition coefficient (Wildman–Crippen LogP) is 5.64. The molecule has 4 nitrogen and oxygen atoms in total. The number of ether oxygens (including phenoxy) is 2. The second kappa shape index (κ2) is 8.95. The van der Waals surface area contributed by atoms with Crippen LogP contribution in [0.3, 0.4) is 0 Å². The Morgan fingerprint density at radius 3 is 2.46 bits per heavy atom. The Balaban J connectivity index is 2.25. The molecule has 0 aliphatic carbocycles. The number of hydrogen-bond donors (Lipinski definition) is 1. The first-order valence-electron chi connectivity index (χ1n) is 8.79. The predicted molar refractivity (Wildman–Crippen MR) is 107 cm³/mol. The SMILES string of the molecule is CCOc1cc(C(=O)Nc2c(C)cc(C)cc2Cl)ccc1OCC(C)C. The standard InChI is InChI=1S/C21H26ClNO3/c1-6-25-19-11-16(7-8-18(19)26-12-13(2)3)21(24)23-20-15(5)9-14(4)10-17(20)22/h7-11,13H,6,12H2,1-5H3,(H,23,24). The van der Waals surface area contributed by atoms with Crippen molar-refractivity contribution in [3.63, 3.8) is 0 Å². The zero-order valence-corrected chi connectivity index (χ0v) is 16.7. The maximum atomic E-state index is 12.7. The number of aryl methyl sites for hydroxylation is 2. The van der Waals surface area contributed by atoms with Gasteiger partial charge in [-0.2, -0.15) is 0 Å². The fraction of sp³-hybridized carbons (Fsp3) is 0.381. The van der Waals surface area contributed by atoms with E-state index in [1.165, 1.54) is 0 Å². The Morgan fingerprint density at radius 1 is 1.12 bits per heavy atom. The molecule has 0 spiro atoms. The molecule has 5 heteroatoms. The van der Waals surface area contributed by atoms with Crippen LogP contribution in [-0.4, -0.2) is 19.1 Å². The summed E-state index contributed by atoms with van der Waals surface area (Å²) >= 11 is 6.28. The highest BCUT2D eigenvalue weighted by Crippen LogP contribution is 2.31. The van der Waals surface area contributed by atoms with E-state index in [1.807, 2.05) is 32.9 Å². The molecule has 0 bridgehead atoms. The number of nitrogens with one attached hydrogen (secondary N) is 1. The van der Waals surface area contributed by atoms with E-state index in [4.69, 9.17) is 21.1 Å².